The Hall–Kier alpha value is -1.03. The minimum absolute atomic E-state index is 0.179. The molecule has 11 heteroatoms. The van der Waals surface area contributed by atoms with Crippen molar-refractivity contribution in [3.63, 3.8) is 0 Å². The van der Waals surface area contributed by atoms with E-state index in [1.54, 1.807) is 0 Å². The SMILES string of the molecule is CCCCCCCCCCC(=O)OC[C@H](COP(=O)(O)OC[C@H](O)CO)OC(=O)CCCCCC. The predicted molar refractivity (Wildman–Crippen MR) is 132 cm³/mol. The molecule has 0 aromatic rings. The summed E-state index contributed by atoms with van der Waals surface area (Å²) in [6.07, 6.45) is 10.3. The van der Waals surface area contributed by atoms with Gasteiger partial charge >= 0.3 is 19.8 Å². The molecule has 0 heterocycles. The van der Waals surface area contributed by atoms with E-state index in [4.69, 9.17) is 19.1 Å². The molecule has 0 rings (SSSR count). The number of phosphoric ester groups is 1. The molecule has 0 fully saturated rings. The summed E-state index contributed by atoms with van der Waals surface area (Å²) < 4.78 is 31.9. The molecule has 0 saturated heterocycles. The first-order valence-corrected chi connectivity index (χ1v) is 14.5. The summed E-state index contributed by atoms with van der Waals surface area (Å²) in [7, 11) is -4.57. The number of hydrogen-bond donors (Lipinski definition) is 3. The van der Waals surface area contributed by atoms with Gasteiger partial charge in [0.15, 0.2) is 6.10 Å². The molecule has 0 aromatic heterocycles. The monoisotopic (exact) mass is 526 g/mol. The van der Waals surface area contributed by atoms with Crippen LogP contribution in [0.25, 0.3) is 0 Å². The average Bonchev–Trinajstić information content (AvgIpc) is 2.83. The predicted octanol–water partition coefficient (Wildman–Crippen LogP) is 4.43. The van der Waals surface area contributed by atoms with E-state index < -0.39 is 51.8 Å². The second-order valence-corrected chi connectivity index (χ2v) is 10.2. The zero-order valence-electron chi connectivity index (χ0n) is 21.5. The third-order valence-corrected chi connectivity index (χ3v) is 6.21. The standard InChI is InChI=1S/C24H47O10P/c1-3-5-7-9-10-11-12-14-15-23(27)31-19-22(34-24(28)16-13-8-6-4-2)20-33-35(29,30)32-18-21(26)17-25/h21-22,25-26H,3-20H2,1-2H3,(H,29,30)/t21-,22-/m1/s1. The highest BCUT2D eigenvalue weighted by Crippen LogP contribution is 2.43. The maximum Gasteiger partial charge on any atom is 0.472 e. The molecule has 0 spiro atoms. The molecule has 0 radical (unpaired) electrons. The molecule has 0 saturated carbocycles. The van der Waals surface area contributed by atoms with Gasteiger partial charge < -0.3 is 24.6 Å². The van der Waals surface area contributed by atoms with Crippen molar-refractivity contribution in [1.29, 1.82) is 0 Å². The van der Waals surface area contributed by atoms with Crippen LogP contribution in [0.5, 0.6) is 0 Å². The summed E-state index contributed by atoms with van der Waals surface area (Å²) in [5, 5.41) is 18.0. The number of ether oxygens (including phenoxy) is 2. The molecule has 0 amide bonds. The van der Waals surface area contributed by atoms with Gasteiger partial charge in [-0.05, 0) is 12.8 Å². The highest BCUT2D eigenvalue weighted by Gasteiger charge is 2.27. The van der Waals surface area contributed by atoms with Crippen LogP contribution in [-0.2, 0) is 32.7 Å². The van der Waals surface area contributed by atoms with Gasteiger partial charge in [0.2, 0.25) is 0 Å². The van der Waals surface area contributed by atoms with Crippen molar-refractivity contribution >= 4 is 19.8 Å². The van der Waals surface area contributed by atoms with E-state index in [2.05, 4.69) is 18.4 Å². The Labute approximate surface area is 210 Å². The highest BCUT2D eigenvalue weighted by atomic mass is 31.2. The first-order chi connectivity index (χ1) is 16.7. The van der Waals surface area contributed by atoms with Crippen LogP contribution in [0, 0.1) is 0 Å². The number of esters is 2. The Kier molecular flexibility index (Phi) is 21.5. The molecule has 3 atom stereocenters. The average molecular weight is 527 g/mol. The van der Waals surface area contributed by atoms with E-state index in [-0.39, 0.29) is 19.4 Å². The fourth-order valence-electron chi connectivity index (χ4n) is 3.17. The van der Waals surface area contributed by atoms with Crippen molar-refractivity contribution in [2.75, 3.05) is 26.4 Å². The molecular formula is C24H47O10P. The maximum absolute atomic E-state index is 12.1. The van der Waals surface area contributed by atoms with Crippen molar-refractivity contribution < 1.29 is 47.8 Å². The molecule has 1 unspecified atom stereocenters. The number of rotatable bonds is 24. The minimum atomic E-state index is -4.57. The fraction of sp³-hybridized carbons (Fsp3) is 0.917. The van der Waals surface area contributed by atoms with Crippen molar-refractivity contribution in [3.05, 3.63) is 0 Å². The zero-order chi connectivity index (χ0) is 26.4. The Morgan fingerprint density at radius 2 is 1.23 bits per heavy atom. The highest BCUT2D eigenvalue weighted by molar-refractivity contribution is 7.47. The van der Waals surface area contributed by atoms with Gasteiger partial charge in [-0.25, -0.2) is 4.57 Å². The van der Waals surface area contributed by atoms with Gasteiger partial charge in [0.25, 0.3) is 0 Å². The molecule has 0 aromatic carbocycles. The third-order valence-electron chi connectivity index (χ3n) is 5.26. The molecular weight excluding hydrogens is 479 g/mol. The summed E-state index contributed by atoms with van der Waals surface area (Å²) >= 11 is 0. The number of carbonyl (C=O) groups excluding carboxylic acids is 2. The van der Waals surface area contributed by atoms with E-state index in [9.17, 15) is 24.2 Å². The molecule has 0 aliphatic rings. The van der Waals surface area contributed by atoms with Crippen molar-refractivity contribution in [3.8, 4) is 0 Å². The Morgan fingerprint density at radius 1 is 0.743 bits per heavy atom. The Bertz CT molecular complexity index is 587. The van der Waals surface area contributed by atoms with E-state index in [0.717, 1.165) is 38.5 Å². The molecule has 10 nitrogen and oxygen atoms in total. The van der Waals surface area contributed by atoms with Gasteiger partial charge in [0, 0.05) is 12.8 Å². The van der Waals surface area contributed by atoms with Crippen LogP contribution in [0.3, 0.4) is 0 Å². The largest absolute Gasteiger partial charge is 0.472 e. The normalized spacial score (nSPS) is 14.8. The van der Waals surface area contributed by atoms with Gasteiger partial charge in [-0.2, -0.15) is 0 Å². The van der Waals surface area contributed by atoms with Gasteiger partial charge in [0.05, 0.1) is 19.8 Å². The van der Waals surface area contributed by atoms with Crippen LogP contribution in [0.15, 0.2) is 0 Å². The molecule has 0 aliphatic heterocycles. The second-order valence-electron chi connectivity index (χ2n) is 8.73. The van der Waals surface area contributed by atoms with Crippen LogP contribution in [0.4, 0.5) is 0 Å². The summed E-state index contributed by atoms with van der Waals surface area (Å²) in [4.78, 5) is 33.9. The smallest absolute Gasteiger partial charge is 0.462 e. The molecule has 3 N–H and O–H groups in total. The summed E-state index contributed by atoms with van der Waals surface area (Å²) in [5.74, 6) is -0.951. The van der Waals surface area contributed by atoms with Crippen molar-refractivity contribution in [2.45, 2.75) is 116 Å². The molecule has 35 heavy (non-hydrogen) atoms. The number of unbranched alkanes of at least 4 members (excludes halogenated alkanes) is 10. The Morgan fingerprint density at radius 3 is 1.80 bits per heavy atom. The molecule has 0 aliphatic carbocycles. The quantitative estimate of drug-likeness (QED) is 0.0936. The Balaban J connectivity index is 4.49. The number of aliphatic hydroxyl groups is 2. The van der Waals surface area contributed by atoms with E-state index in [0.29, 0.717) is 12.8 Å². The van der Waals surface area contributed by atoms with Crippen LogP contribution in [-0.4, -0.2) is 65.7 Å². The van der Waals surface area contributed by atoms with Crippen LogP contribution >= 0.6 is 7.82 Å². The van der Waals surface area contributed by atoms with Crippen molar-refractivity contribution in [1.82, 2.24) is 0 Å². The zero-order valence-corrected chi connectivity index (χ0v) is 22.4. The van der Waals surface area contributed by atoms with E-state index in [1.807, 2.05) is 0 Å². The summed E-state index contributed by atoms with van der Waals surface area (Å²) in [6, 6.07) is 0. The van der Waals surface area contributed by atoms with E-state index >= 15 is 0 Å². The lowest BCUT2D eigenvalue weighted by Gasteiger charge is -2.20. The first kappa shape index (κ1) is 34.0. The van der Waals surface area contributed by atoms with E-state index in [1.165, 1.54) is 25.7 Å². The van der Waals surface area contributed by atoms with Gasteiger partial charge in [-0.3, -0.25) is 18.6 Å². The lowest BCUT2D eigenvalue weighted by atomic mass is 10.1. The number of phosphoric acid groups is 1. The lowest BCUT2D eigenvalue weighted by molar-refractivity contribution is -0.161. The minimum Gasteiger partial charge on any atom is -0.462 e. The topological polar surface area (TPSA) is 149 Å². The second kappa shape index (κ2) is 22.2. The van der Waals surface area contributed by atoms with Crippen molar-refractivity contribution in [2.24, 2.45) is 0 Å². The summed E-state index contributed by atoms with van der Waals surface area (Å²) in [6.45, 7) is 2.14. The van der Waals surface area contributed by atoms with Gasteiger partial charge in [-0.15, -0.1) is 0 Å². The maximum atomic E-state index is 12.1. The van der Waals surface area contributed by atoms with Crippen LogP contribution in [0.1, 0.15) is 104 Å². The lowest BCUT2D eigenvalue weighted by Crippen LogP contribution is -2.29. The van der Waals surface area contributed by atoms with Gasteiger partial charge in [-0.1, -0.05) is 78.1 Å². The number of aliphatic hydroxyl groups excluding tert-OH is 2. The molecule has 208 valence electrons. The number of carbonyl (C=O) groups is 2. The van der Waals surface area contributed by atoms with Crippen LogP contribution < -0.4 is 0 Å². The third kappa shape index (κ3) is 21.9. The number of hydrogen-bond acceptors (Lipinski definition) is 9. The summed E-state index contributed by atoms with van der Waals surface area (Å²) in [5.41, 5.74) is 0. The van der Waals surface area contributed by atoms with Crippen LogP contribution in [0.2, 0.25) is 0 Å². The first-order valence-electron chi connectivity index (χ1n) is 13.0. The van der Waals surface area contributed by atoms with Gasteiger partial charge in [0.1, 0.15) is 12.7 Å². The fourth-order valence-corrected chi connectivity index (χ4v) is 3.96. The molecule has 0 bridgehead atoms.